The molecule has 156 valence electrons. The van der Waals surface area contributed by atoms with E-state index < -0.39 is 0 Å². The SMILES string of the molecule is O=C(COc1ccc(Oc2ccccc2)cc1)NCc1ccccc1Cn1cncn1. The van der Waals surface area contributed by atoms with Gasteiger partial charge in [0.15, 0.2) is 6.61 Å². The van der Waals surface area contributed by atoms with Crippen molar-refractivity contribution >= 4 is 5.91 Å². The summed E-state index contributed by atoms with van der Waals surface area (Å²) in [5, 5.41) is 7.03. The van der Waals surface area contributed by atoms with Crippen molar-refractivity contribution in [1.29, 1.82) is 0 Å². The molecule has 0 aliphatic carbocycles. The number of nitrogens with one attached hydrogen (secondary N) is 1. The Hall–Kier alpha value is -4.13. The van der Waals surface area contributed by atoms with Crippen LogP contribution in [0.5, 0.6) is 17.2 Å². The van der Waals surface area contributed by atoms with Gasteiger partial charge in [0.25, 0.3) is 5.91 Å². The first-order valence-electron chi connectivity index (χ1n) is 9.88. The Morgan fingerprint density at radius 3 is 2.26 bits per heavy atom. The van der Waals surface area contributed by atoms with Gasteiger partial charge in [-0.1, -0.05) is 42.5 Å². The Kier molecular flexibility index (Phi) is 6.54. The van der Waals surface area contributed by atoms with Crippen molar-refractivity contribution in [3.63, 3.8) is 0 Å². The smallest absolute Gasteiger partial charge is 0.258 e. The van der Waals surface area contributed by atoms with Gasteiger partial charge >= 0.3 is 0 Å². The fourth-order valence-electron chi connectivity index (χ4n) is 3.00. The van der Waals surface area contributed by atoms with Crippen LogP contribution < -0.4 is 14.8 Å². The molecule has 0 fully saturated rings. The molecule has 7 nitrogen and oxygen atoms in total. The maximum atomic E-state index is 12.2. The number of benzene rings is 3. The molecule has 0 aliphatic rings. The van der Waals surface area contributed by atoms with E-state index in [9.17, 15) is 4.79 Å². The van der Waals surface area contributed by atoms with Crippen molar-refractivity contribution in [2.75, 3.05) is 6.61 Å². The summed E-state index contributed by atoms with van der Waals surface area (Å²) in [6.45, 7) is 0.945. The maximum absolute atomic E-state index is 12.2. The van der Waals surface area contributed by atoms with Crippen molar-refractivity contribution in [2.45, 2.75) is 13.1 Å². The molecule has 0 bridgehead atoms. The summed E-state index contributed by atoms with van der Waals surface area (Å²) >= 11 is 0. The van der Waals surface area contributed by atoms with Crippen molar-refractivity contribution in [3.05, 3.63) is 103 Å². The quantitative estimate of drug-likeness (QED) is 0.451. The van der Waals surface area contributed by atoms with Crippen molar-refractivity contribution in [3.8, 4) is 17.2 Å². The number of aromatic nitrogens is 3. The highest BCUT2D eigenvalue weighted by Crippen LogP contribution is 2.23. The Morgan fingerprint density at radius 2 is 1.52 bits per heavy atom. The molecule has 4 aromatic rings. The molecule has 4 rings (SSSR count). The zero-order valence-corrected chi connectivity index (χ0v) is 16.8. The van der Waals surface area contributed by atoms with Gasteiger partial charge in [0.1, 0.15) is 29.9 Å². The summed E-state index contributed by atoms with van der Waals surface area (Å²) in [5.74, 6) is 1.87. The lowest BCUT2D eigenvalue weighted by atomic mass is 10.1. The minimum absolute atomic E-state index is 0.0653. The van der Waals surface area contributed by atoms with Crippen molar-refractivity contribution in [1.82, 2.24) is 20.1 Å². The Morgan fingerprint density at radius 1 is 0.839 bits per heavy atom. The maximum Gasteiger partial charge on any atom is 0.258 e. The summed E-state index contributed by atoms with van der Waals surface area (Å²) in [6.07, 6.45) is 3.17. The molecule has 0 spiro atoms. The van der Waals surface area contributed by atoms with Crippen LogP contribution in [0, 0.1) is 0 Å². The number of carbonyl (C=O) groups excluding carboxylic acids is 1. The lowest BCUT2D eigenvalue weighted by molar-refractivity contribution is -0.123. The van der Waals surface area contributed by atoms with Gasteiger partial charge in [-0.25, -0.2) is 9.67 Å². The highest BCUT2D eigenvalue weighted by atomic mass is 16.5. The van der Waals surface area contributed by atoms with Crippen molar-refractivity contribution in [2.24, 2.45) is 0 Å². The van der Waals surface area contributed by atoms with Crippen LogP contribution in [0.3, 0.4) is 0 Å². The summed E-state index contributed by atoms with van der Waals surface area (Å²) in [6, 6.07) is 24.6. The van der Waals surface area contributed by atoms with Crippen LogP contribution in [0.25, 0.3) is 0 Å². The van der Waals surface area contributed by atoms with Gasteiger partial charge < -0.3 is 14.8 Å². The Labute approximate surface area is 180 Å². The molecule has 3 aromatic carbocycles. The highest BCUT2D eigenvalue weighted by molar-refractivity contribution is 5.77. The molecule has 0 aliphatic heterocycles. The normalized spacial score (nSPS) is 10.5. The van der Waals surface area contributed by atoms with E-state index in [0.29, 0.717) is 24.6 Å². The zero-order chi connectivity index (χ0) is 21.3. The van der Waals surface area contributed by atoms with E-state index in [4.69, 9.17) is 9.47 Å². The number of hydrogen-bond acceptors (Lipinski definition) is 5. The lowest BCUT2D eigenvalue weighted by Crippen LogP contribution is -2.28. The van der Waals surface area contributed by atoms with Gasteiger partial charge in [0, 0.05) is 6.54 Å². The highest BCUT2D eigenvalue weighted by Gasteiger charge is 2.07. The minimum Gasteiger partial charge on any atom is -0.484 e. The van der Waals surface area contributed by atoms with E-state index >= 15 is 0 Å². The molecule has 1 heterocycles. The first kappa shape index (κ1) is 20.2. The van der Waals surface area contributed by atoms with Crippen LogP contribution in [0.4, 0.5) is 0 Å². The van der Waals surface area contributed by atoms with E-state index in [1.807, 2.05) is 54.6 Å². The summed E-state index contributed by atoms with van der Waals surface area (Å²) in [4.78, 5) is 16.2. The monoisotopic (exact) mass is 414 g/mol. The van der Waals surface area contributed by atoms with Crippen molar-refractivity contribution < 1.29 is 14.3 Å². The van der Waals surface area contributed by atoms with Crippen LogP contribution in [0.1, 0.15) is 11.1 Å². The fraction of sp³-hybridized carbons (Fsp3) is 0.125. The van der Waals surface area contributed by atoms with E-state index in [1.165, 1.54) is 6.33 Å². The predicted octanol–water partition coefficient (Wildman–Crippen LogP) is 3.81. The third-order valence-electron chi connectivity index (χ3n) is 4.57. The molecular formula is C24H22N4O3. The van der Waals surface area contributed by atoms with E-state index in [-0.39, 0.29) is 12.5 Å². The van der Waals surface area contributed by atoms with Gasteiger partial charge in [0.05, 0.1) is 6.54 Å². The molecule has 7 heteroatoms. The van der Waals surface area contributed by atoms with Crippen LogP contribution in [-0.2, 0) is 17.9 Å². The third-order valence-corrected chi connectivity index (χ3v) is 4.57. The molecule has 1 N–H and O–H groups in total. The average molecular weight is 414 g/mol. The van der Waals surface area contributed by atoms with Crippen LogP contribution in [0.2, 0.25) is 0 Å². The molecule has 0 radical (unpaired) electrons. The molecule has 1 amide bonds. The molecular weight excluding hydrogens is 392 g/mol. The molecule has 0 atom stereocenters. The average Bonchev–Trinajstić information content (AvgIpc) is 3.32. The first-order chi connectivity index (χ1) is 15.3. The topological polar surface area (TPSA) is 78.3 Å². The Bertz CT molecular complexity index is 1100. The van der Waals surface area contributed by atoms with E-state index in [2.05, 4.69) is 15.4 Å². The van der Waals surface area contributed by atoms with E-state index in [1.54, 1.807) is 35.3 Å². The van der Waals surface area contributed by atoms with Crippen LogP contribution in [0.15, 0.2) is 91.5 Å². The molecule has 0 saturated carbocycles. The molecule has 31 heavy (non-hydrogen) atoms. The Balaban J connectivity index is 1.25. The van der Waals surface area contributed by atoms with Gasteiger partial charge in [-0.15, -0.1) is 0 Å². The number of amides is 1. The largest absolute Gasteiger partial charge is 0.484 e. The zero-order valence-electron chi connectivity index (χ0n) is 16.8. The van der Waals surface area contributed by atoms with Crippen LogP contribution in [-0.4, -0.2) is 27.3 Å². The second-order valence-electron chi connectivity index (χ2n) is 6.81. The second-order valence-corrected chi connectivity index (χ2v) is 6.81. The van der Waals surface area contributed by atoms with Gasteiger partial charge in [-0.05, 0) is 47.5 Å². The number of carbonyl (C=O) groups is 1. The second kappa shape index (κ2) is 10.1. The molecule has 0 saturated heterocycles. The number of rotatable bonds is 9. The van der Waals surface area contributed by atoms with Gasteiger partial charge in [0.2, 0.25) is 0 Å². The van der Waals surface area contributed by atoms with E-state index in [0.717, 1.165) is 16.9 Å². The molecule has 1 aromatic heterocycles. The van der Waals surface area contributed by atoms with Gasteiger partial charge in [-0.3, -0.25) is 4.79 Å². The predicted molar refractivity (Wildman–Crippen MR) is 116 cm³/mol. The number of hydrogen-bond donors (Lipinski definition) is 1. The summed E-state index contributed by atoms with van der Waals surface area (Å²) in [7, 11) is 0. The summed E-state index contributed by atoms with van der Waals surface area (Å²) < 4.78 is 13.1. The van der Waals surface area contributed by atoms with Crippen LogP contribution >= 0.6 is 0 Å². The summed E-state index contributed by atoms with van der Waals surface area (Å²) in [5.41, 5.74) is 2.09. The first-order valence-corrected chi connectivity index (χ1v) is 9.88. The minimum atomic E-state index is -0.194. The number of nitrogens with zero attached hydrogens (tertiary/aromatic N) is 3. The fourth-order valence-corrected chi connectivity index (χ4v) is 3.00. The number of para-hydroxylation sites is 1. The third kappa shape index (κ3) is 5.93. The lowest BCUT2D eigenvalue weighted by Gasteiger charge is -2.12. The van der Waals surface area contributed by atoms with Gasteiger partial charge in [-0.2, -0.15) is 5.10 Å². The standard InChI is InChI=1S/C24H22N4O3/c29-24(26-14-19-6-4-5-7-20(19)15-28-18-25-17-27-28)16-30-21-10-12-23(13-11-21)31-22-8-2-1-3-9-22/h1-13,17-18H,14-16H2,(H,26,29). The molecule has 0 unspecified atom stereocenters. The number of ether oxygens (including phenoxy) is 2.